The van der Waals surface area contributed by atoms with Gasteiger partial charge in [-0.3, -0.25) is 14.4 Å². The number of rotatable bonds is 13. The summed E-state index contributed by atoms with van der Waals surface area (Å²) in [5, 5.41) is 0. The Morgan fingerprint density at radius 2 is 0.521 bits per heavy atom. The van der Waals surface area contributed by atoms with Gasteiger partial charge in [0, 0.05) is 51.6 Å². The predicted octanol–water partition coefficient (Wildman–Crippen LogP) is 23.6. The van der Waals surface area contributed by atoms with Crippen LogP contribution in [0.1, 0.15) is 157 Å². The van der Waals surface area contributed by atoms with Crippen molar-refractivity contribution >= 4 is 106 Å². The van der Waals surface area contributed by atoms with Gasteiger partial charge in [-0.15, -0.1) is 0 Å². The Kier molecular flexibility index (Phi) is 23.0. The van der Waals surface area contributed by atoms with Crippen LogP contribution in [0.3, 0.4) is 0 Å². The summed E-state index contributed by atoms with van der Waals surface area (Å²) in [5.74, 6) is 4.35. The van der Waals surface area contributed by atoms with Crippen LogP contribution in [0.5, 0.6) is 0 Å². The highest BCUT2D eigenvalue weighted by atomic mass is 15.4. The maximum atomic E-state index is 2.61. The maximum absolute atomic E-state index is 2.61. The van der Waals surface area contributed by atoms with Crippen molar-refractivity contribution in [2.45, 2.75) is 153 Å². The Morgan fingerprint density at radius 1 is 0.261 bits per heavy atom. The van der Waals surface area contributed by atoms with E-state index in [-0.39, 0.29) is 37.2 Å². The lowest BCUT2D eigenvalue weighted by molar-refractivity contribution is -0.658. The van der Waals surface area contributed by atoms with Gasteiger partial charge >= 0.3 is 20.9 Å². The third-order valence-electron chi connectivity index (χ3n) is 24.4. The van der Waals surface area contributed by atoms with Crippen molar-refractivity contribution in [3.05, 3.63) is 371 Å². The van der Waals surface area contributed by atoms with Crippen molar-refractivity contribution in [3.63, 3.8) is 0 Å². The van der Waals surface area contributed by atoms with Crippen LogP contribution in [0.15, 0.2) is 316 Å². The van der Waals surface area contributed by atoms with Crippen LogP contribution in [-0.2, 0) is 37.4 Å². The topological polar surface area (TPSA) is 31.1 Å². The van der Waals surface area contributed by atoms with Gasteiger partial charge in [-0.05, 0) is 213 Å². The molecular weight excluding hydrogens is 1440 g/mol. The molecule has 0 amide bonds. The molecule has 3 aromatic heterocycles. The Labute approximate surface area is 711 Å². The summed E-state index contributed by atoms with van der Waals surface area (Å²) in [6.07, 6.45) is 6.66. The Hall–Kier alpha value is -12.1. The molecule has 0 aliphatic carbocycles. The highest BCUT2D eigenvalue weighted by Gasteiger charge is 2.57. The van der Waals surface area contributed by atoms with Gasteiger partial charge in [0.1, 0.15) is 17.1 Å². The van der Waals surface area contributed by atoms with Crippen molar-refractivity contribution in [2.75, 3.05) is 28.9 Å². The summed E-state index contributed by atoms with van der Waals surface area (Å²) in [7, 11) is 6.51. The number of benzene rings is 11. The summed E-state index contributed by atoms with van der Waals surface area (Å²) in [4.78, 5) is 15.4. The van der Waals surface area contributed by atoms with Gasteiger partial charge in [0.2, 0.25) is 0 Å². The molecule has 11 aromatic carbocycles. The van der Waals surface area contributed by atoms with Crippen molar-refractivity contribution < 1.29 is 13.7 Å². The fraction of sp³-hybridized carbons (Fsp3) is 0.243. The SMILES string of the molecule is Cc1cccc(C)c1B1N(c2ccccc2)c2cccc(C)c2N1c1cc(C(C)(C)C)cc[n+]1C.Cc1cccc2c1N(c1cc(C(C)(C)C)cc[n+]1C)B(c1c(-c3ccccc3)cccc1-c1ccccc1)N2c1ccccc1.Cc1cccc2c1N(c1cc(C(C)(C)C)cc[n+]1C)B(c1c(C(C)C)cccc1C(C)C)N2c1ccccc1. The molecule has 0 spiro atoms. The summed E-state index contributed by atoms with van der Waals surface area (Å²) in [5.41, 5.74) is 33.3. The summed E-state index contributed by atoms with van der Waals surface area (Å²) in [6, 6.07) is 109. The minimum absolute atomic E-state index is 0.00303. The molecule has 9 nitrogen and oxygen atoms in total. The number of hydrogen-bond acceptors (Lipinski definition) is 6. The first-order chi connectivity index (χ1) is 57.0. The first kappa shape index (κ1) is 82.0. The molecule has 0 fully saturated rings. The molecule has 0 saturated carbocycles. The first-order valence-electron chi connectivity index (χ1n) is 42.6. The second-order valence-electron chi connectivity index (χ2n) is 36.5. The Balaban J connectivity index is 0.000000141. The number of para-hydroxylation sites is 6. The largest absolute Gasteiger partial charge is 0.543 e. The van der Waals surface area contributed by atoms with Crippen LogP contribution in [0.25, 0.3) is 22.3 Å². The number of hydrogen-bond donors (Lipinski definition) is 0. The van der Waals surface area contributed by atoms with Crippen LogP contribution in [0.4, 0.5) is 68.6 Å². The van der Waals surface area contributed by atoms with Crippen LogP contribution < -0.4 is 59.0 Å². The molecule has 6 heterocycles. The molecule has 3 aliphatic rings. The van der Waals surface area contributed by atoms with Crippen LogP contribution >= 0.6 is 0 Å². The summed E-state index contributed by atoms with van der Waals surface area (Å²) in [6.45, 7) is 41.0. The molecule has 596 valence electrons. The molecular formula is C107H117B3N9+3. The number of nitrogens with zero attached hydrogens (tertiary/aromatic N) is 9. The van der Waals surface area contributed by atoms with Gasteiger partial charge < -0.3 is 14.4 Å². The highest BCUT2D eigenvalue weighted by Crippen LogP contribution is 2.53. The van der Waals surface area contributed by atoms with Crippen LogP contribution in [-0.4, -0.2) is 20.9 Å². The van der Waals surface area contributed by atoms with E-state index in [1.807, 2.05) is 0 Å². The lowest BCUT2D eigenvalue weighted by Gasteiger charge is -2.30. The minimum Gasteiger partial charge on any atom is -0.336 e. The smallest absolute Gasteiger partial charge is 0.336 e. The molecule has 0 unspecified atom stereocenters. The van der Waals surface area contributed by atoms with Crippen molar-refractivity contribution in [3.8, 4) is 22.3 Å². The van der Waals surface area contributed by atoms with E-state index in [1.54, 1.807) is 0 Å². The highest BCUT2D eigenvalue weighted by molar-refractivity contribution is 6.87. The summed E-state index contributed by atoms with van der Waals surface area (Å²) >= 11 is 0. The third kappa shape index (κ3) is 15.8. The monoisotopic (exact) mass is 1560 g/mol. The lowest BCUT2D eigenvalue weighted by Crippen LogP contribution is -2.58. The minimum atomic E-state index is -0.170. The van der Waals surface area contributed by atoms with Crippen molar-refractivity contribution in [1.29, 1.82) is 0 Å². The van der Waals surface area contributed by atoms with Gasteiger partial charge in [-0.1, -0.05) is 296 Å². The molecule has 3 aliphatic heterocycles. The normalized spacial score (nSPS) is 13.3. The van der Waals surface area contributed by atoms with Gasteiger partial charge in [0.25, 0.3) is 17.5 Å². The maximum Gasteiger partial charge on any atom is 0.543 e. The Morgan fingerprint density at radius 3 is 0.824 bits per heavy atom. The average molecular weight is 1560 g/mol. The second-order valence-corrected chi connectivity index (χ2v) is 36.5. The molecule has 0 radical (unpaired) electrons. The Bertz CT molecular complexity index is 5890. The molecule has 0 N–H and O–H groups in total. The number of pyridine rings is 3. The van der Waals surface area contributed by atoms with Crippen molar-refractivity contribution in [2.24, 2.45) is 21.1 Å². The van der Waals surface area contributed by atoms with E-state index in [9.17, 15) is 0 Å². The van der Waals surface area contributed by atoms with E-state index in [2.05, 4.69) is 504 Å². The van der Waals surface area contributed by atoms with E-state index >= 15 is 0 Å². The molecule has 0 saturated heterocycles. The standard InChI is InChI=1S/C41H39BN3.C35H43BN3.C31H35BN3/c1-30-17-15-26-37-40(30)45(38-29-33(41(2,3)4)27-28-43(38)5)42(44(37)34-22-13-8-14-23-34)39-35(31-18-9-6-10-19-31)24-16-25-36(39)32-20-11-7-12-21-32;1-24(2)29-18-14-19-30(25(3)4)33(29)36-38(28-16-11-10-12-17-28)31-20-13-15-26(5)34(31)39(36)32-23-27(35(6,7)8)21-22-37(32)9;1-22-13-11-14-23(2)29(22)32-34(26-16-9-8-10-17-26)27-18-12-15-24(3)30(27)35(32)28-21-25(31(4,5)6)19-20-33(28)7/h6-29H,1-5H3;10-25H,1-9H3;8-21H,1-7H3/q3*+1. The molecule has 17 rings (SSSR count). The fourth-order valence-corrected chi connectivity index (χ4v) is 18.2. The zero-order chi connectivity index (χ0) is 84.1. The van der Waals surface area contributed by atoms with Gasteiger partial charge in [0.15, 0.2) is 0 Å². The van der Waals surface area contributed by atoms with E-state index in [0.717, 1.165) is 11.5 Å². The average Bonchev–Trinajstić information content (AvgIpc) is 1.57. The van der Waals surface area contributed by atoms with Gasteiger partial charge in [-0.2, -0.15) is 0 Å². The number of anilines is 12. The first-order valence-corrected chi connectivity index (χ1v) is 42.6. The van der Waals surface area contributed by atoms with E-state index < -0.39 is 0 Å². The lowest BCUT2D eigenvalue weighted by atomic mass is 9.58. The number of aryl methyl sites for hydroxylation is 8. The van der Waals surface area contributed by atoms with Crippen molar-refractivity contribution in [1.82, 2.24) is 0 Å². The second kappa shape index (κ2) is 33.3. The predicted molar refractivity (Wildman–Crippen MR) is 509 cm³/mol. The molecule has 0 atom stereocenters. The molecule has 14 aromatic rings. The van der Waals surface area contributed by atoms with Crippen LogP contribution in [0, 0.1) is 34.6 Å². The van der Waals surface area contributed by atoms with E-state index in [4.69, 9.17) is 0 Å². The van der Waals surface area contributed by atoms with Gasteiger partial charge in [-0.25, -0.2) is 13.7 Å². The zero-order valence-electron chi connectivity index (χ0n) is 73.9. The number of aromatic nitrogens is 3. The molecule has 119 heavy (non-hydrogen) atoms. The van der Waals surface area contributed by atoms with E-state index in [1.165, 1.54) is 151 Å². The quantitative estimate of drug-likeness (QED) is 0.0845. The van der Waals surface area contributed by atoms with E-state index in [0.29, 0.717) is 11.8 Å². The summed E-state index contributed by atoms with van der Waals surface area (Å²) < 4.78 is 6.83. The number of fused-ring (bicyclic) bond motifs is 3. The molecule has 12 heteroatoms. The van der Waals surface area contributed by atoms with Crippen LogP contribution in [0.2, 0.25) is 0 Å². The molecule has 0 bridgehead atoms. The fourth-order valence-electron chi connectivity index (χ4n) is 18.2. The third-order valence-corrected chi connectivity index (χ3v) is 24.4. The van der Waals surface area contributed by atoms with Gasteiger partial charge in [0.05, 0.1) is 56.8 Å². The zero-order valence-corrected chi connectivity index (χ0v) is 73.9.